The van der Waals surface area contributed by atoms with Crippen LogP contribution in [0.1, 0.15) is 19.3 Å². The van der Waals surface area contributed by atoms with Crippen molar-refractivity contribution in [3.63, 3.8) is 0 Å². The molecule has 0 aromatic rings. The first kappa shape index (κ1) is 17.7. The average Bonchev–Trinajstić information content (AvgIpc) is 3.16. The fourth-order valence-electron chi connectivity index (χ4n) is 2.46. The molecular formula is C12H14F8O2. The van der Waals surface area contributed by atoms with Gasteiger partial charge in [-0.15, -0.1) is 0 Å². The number of ether oxygens (including phenoxy) is 2. The SMILES string of the molecule is FC(F)C(F)(F)C(F)(F)C(F)(F)COCC1CCC2OC2C1. The van der Waals surface area contributed by atoms with Crippen molar-refractivity contribution in [1.82, 2.24) is 0 Å². The van der Waals surface area contributed by atoms with Crippen LogP contribution in [0.5, 0.6) is 0 Å². The molecule has 1 saturated heterocycles. The van der Waals surface area contributed by atoms with E-state index in [-0.39, 0.29) is 24.7 Å². The van der Waals surface area contributed by atoms with Crippen molar-refractivity contribution in [2.45, 2.75) is 55.7 Å². The topological polar surface area (TPSA) is 21.8 Å². The van der Waals surface area contributed by atoms with E-state index in [4.69, 9.17) is 4.74 Å². The Labute approximate surface area is 120 Å². The lowest BCUT2D eigenvalue weighted by Gasteiger charge is -2.32. The number of alkyl halides is 8. The van der Waals surface area contributed by atoms with Gasteiger partial charge in [0.2, 0.25) is 0 Å². The summed E-state index contributed by atoms with van der Waals surface area (Å²) >= 11 is 0. The first-order valence-electron chi connectivity index (χ1n) is 6.64. The van der Waals surface area contributed by atoms with Gasteiger partial charge in [0.15, 0.2) is 0 Å². The van der Waals surface area contributed by atoms with Gasteiger partial charge in [0, 0.05) is 6.61 Å². The summed E-state index contributed by atoms with van der Waals surface area (Å²) in [4.78, 5) is 0. The highest BCUT2D eigenvalue weighted by Crippen LogP contribution is 2.48. The average molecular weight is 342 g/mol. The highest BCUT2D eigenvalue weighted by atomic mass is 19.4. The zero-order chi connectivity index (χ0) is 16.8. The summed E-state index contributed by atoms with van der Waals surface area (Å²) in [6.45, 7) is -2.38. The Morgan fingerprint density at radius 1 is 1.00 bits per heavy atom. The third-order valence-electron chi connectivity index (χ3n) is 3.90. The molecular weight excluding hydrogens is 328 g/mol. The maximum atomic E-state index is 13.2. The zero-order valence-corrected chi connectivity index (χ0v) is 11.2. The van der Waals surface area contributed by atoms with E-state index in [1.807, 2.05) is 0 Å². The lowest BCUT2D eigenvalue weighted by Crippen LogP contribution is -2.59. The number of halogens is 8. The predicted molar refractivity (Wildman–Crippen MR) is 57.7 cm³/mol. The monoisotopic (exact) mass is 342 g/mol. The summed E-state index contributed by atoms with van der Waals surface area (Å²) in [5, 5.41) is 0. The van der Waals surface area contributed by atoms with Gasteiger partial charge < -0.3 is 9.47 Å². The quantitative estimate of drug-likeness (QED) is 0.519. The molecule has 2 aliphatic rings. The van der Waals surface area contributed by atoms with Crippen LogP contribution in [-0.2, 0) is 9.47 Å². The minimum atomic E-state index is -6.20. The normalized spacial score (nSPS) is 29.6. The van der Waals surface area contributed by atoms with E-state index in [0.717, 1.165) is 0 Å². The molecule has 2 nitrogen and oxygen atoms in total. The molecule has 0 amide bonds. The highest BCUT2D eigenvalue weighted by Gasteiger charge is 2.75. The largest absolute Gasteiger partial charge is 0.380 e. The highest BCUT2D eigenvalue weighted by molar-refractivity contribution is 4.98. The Kier molecular flexibility index (Phi) is 4.65. The summed E-state index contributed by atoms with van der Waals surface area (Å²) in [6, 6.07) is 0. The van der Waals surface area contributed by atoms with Gasteiger partial charge >= 0.3 is 24.2 Å². The molecule has 0 aromatic heterocycles. The summed E-state index contributed by atoms with van der Waals surface area (Å²) in [6.07, 6.45) is -2.97. The number of epoxide rings is 1. The summed E-state index contributed by atoms with van der Waals surface area (Å²) in [7, 11) is 0. The van der Waals surface area contributed by atoms with E-state index >= 15 is 0 Å². The van der Waals surface area contributed by atoms with Crippen molar-refractivity contribution in [2.24, 2.45) is 5.92 Å². The van der Waals surface area contributed by atoms with Crippen LogP contribution in [0.4, 0.5) is 35.1 Å². The van der Waals surface area contributed by atoms with Gasteiger partial charge in [0.1, 0.15) is 6.61 Å². The molecule has 2 rings (SSSR count). The molecule has 1 saturated carbocycles. The number of hydrogen-bond donors (Lipinski definition) is 0. The fourth-order valence-corrected chi connectivity index (χ4v) is 2.46. The minimum absolute atomic E-state index is 0.00691. The van der Waals surface area contributed by atoms with Crippen molar-refractivity contribution >= 4 is 0 Å². The Bertz CT molecular complexity index is 401. The van der Waals surface area contributed by atoms with Crippen LogP contribution in [0.25, 0.3) is 0 Å². The summed E-state index contributed by atoms with van der Waals surface area (Å²) in [5.74, 6) is -17.9. The zero-order valence-electron chi connectivity index (χ0n) is 11.2. The molecule has 0 spiro atoms. The van der Waals surface area contributed by atoms with Crippen molar-refractivity contribution in [1.29, 1.82) is 0 Å². The van der Waals surface area contributed by atoms with E-state index in [1.165, 1.54) is 0 Å². The van der Waals surface area contributed by atoms with Crippen molar-refractivity contribution < 1.29 is 44.6 Å². The van der Waals surface area contributed by atoms with Crippen molar-refractivity contribution in [3.8, 4) is 0 Å². The van der Waals surface area contributed by atoms with Crippen LogP contribution in [-0.4, -0.2) is 49.6 Å². The second kappa shape index (κ2) is 5.77. The van der Waals surface area contributed by atoms with Crippen LogP contribution in [0.15, 0.2) is 0 Å². The van der Waals surface area contributed by atoms with Gasteiger partial charge in [-0.3, -0.25) is 0 Å². The predicted octanol–water partition coefficient (Wildman–Crippen LogP) is 3.74. The van der Waals surface area contributed by atoms with Crippen LogP contribution < -0.4 is 0 Å². The Morgan fingerprint density at radius 3 is 2.18 bits per heavy atom. The summed E-state index contributed by atoms with van der Waals surface area (Å²) < 4.78 is 111. The van der Waals surface area contributed by atoms with Crippen molar-refractivity contribution in [2.75, 3.05) is 13.2 Å². The first-order valence-corrected chi connectivity index (χ1v) is 6.64. The first-order chi connectivity index (χ1) is 9.99. The molecule has 0 N–H and O–H groups in total. The third kappa shape index (κ3) is 3.17. The molecule has 1 heterocycles. The van der Waals surface area contributed by atoms with Crippen LogP contribution in [0.2, 0.25) is 0 Å². The maximum absolute atomic E-state index is 13.2. The van der Waals surface area contributed by atoms with Crippen LogP contribution in [0, 0.1) is 5.92 Å². The second-order valence-electron chi connectivity index (χ2n) is 5.61. The molecule has 22 heavy (non-hydrogen) atoms. The number of rotatable bonds is 7. The third-order valence-corrected chi connectivity index (χ3v) is 3.90. The van der Waals surface area contributed by atoms with E-state index < -0.39 is 30.8 Å². The van der Waals surface area contributed by atoms with E-state index in [9.17, 15) is 35.1 Å². The minimum Gasteiger partial charge on any atom is -0.375 e. The second-order valence-corrected chi connectivity index (χ2v) is 5.61. The van der Waals surface area contributed by atoms with Crippen LogP contribution in [0.3, 0.4) is 0 Å². The number of fused-ring (bicyclic) bond motifs is 1. The van der Waals surface area contributed by atoms with E-state index in [2.05, 4.69) is 4.74 Å². The molecule has 1 aliphatic heterocycles. The standard InChI is InChI=1S/C12H14F8O2/c13-9(14)11(17,18)12(19,20)10(15,16)5-21-4-6-1-2-7-8(3-6)22-7/h6-9H,1-5H2. The molecule has 3 atom stereocenters. The van der Waals surface area contributed by atoms with E-state index in [0.29, 0.717) is 19.3 Å². The Morgan fingerprint density at radius 2 is 1.64 bits per heavy atom. The fraction of sp³-hybridized carbons (Fsp3) is 1.00. The number of hydrogen-bond acceptors (Lipinski definition) is 2. The molecule has 0 radical (unpaired) electrons. The van der Waals surface area contributed by atoms with Crippen molar-refractivity contribution in [3.05, 3.63) is 0 Å². The smallest absolute Gasteiger partial charge is 0.375 e. The Balaban J connectivity index is 1.86. The molecule has 0 bridgehead atoms. The van der Waals surface area contributed by atoms with Gasteiger partial charge in [-0.05, 0) is 25.2 Å². The van der Waals surface area contributed by atoms with Gasteiger partial charge in [-0.1, -0.05) is 0 Å². The van der Waals surface area contributed by atoms with Gasteiger partial charge in [0.25, 0.3) is 0 Å². The van der Waals surface area contributed by atoms with Gasteiger partial charge in [-0.25, -0.2) is 8.78 Å². The van der Waals surface area contributed by atoms with Gasteiger partial charge in [-0.2, -0.15) is 26.3 Å². The molecule has 3 unspecified atom stereocenters. The maximum Gasteiger partial charge on any atom is 0.380 e. The molecule has 10 heteroatoms. The molecule has 1 aliphatic carbocycles. The van der Waals surface area contributed by atoms with Crippen LogP contribution >= 0.6 is 0 Å². The lowest BCUT2D eigenvalue weighted by atomic mass is 9.90. The van der Waals surface area contributed by atoms with Gasteiger partial charge in [0.05, 0.1) is 12.2 Å². The molecule has 2 fully saturated rings. The summed E-state index contributed by atoms with van der Waals surface area (Å²) in [5.41, 5.74) is 0. The van der Waals surface area contributed by atoms with E-state index in [1.54, 1.807) is 0 Å². The molecule has 130 valence electrons. The Hall–Kier alpha value is -0.640. The lowest BCUT2D eigenvalue weighted by molar-refractivity contribution is -0.346. The molecule has 0 aromatic carbocycles.